The van der Waals surface area contributed by atoms with Gasteiger partial charge in [-0.25, -0.2) is 0 Å². The Morgan fingerprint density at radius 1 is 1.35 bits per heavy atom. The number of hydrogen-bond donors (Lipinski definition) is 2. The standard InChI is InChI=1S/C12H18N2OS2/c1-3-16-12(17-4-2)10(11(13)15)9-7-5-6-8-14-9/h5-8,11,15H,3-4,13H2,1-2H3/t11-/m0/s1. The van der Waals surface area contributed by atoms with E-state index in [0.29, 0.717) is 0 Å². The van der Waals surface area contributed by atoms with Gasteiger partial charge in [-0.05, 0) is 23.6 Å². The topological polar surface area (TPSA) is 59.1 Å². The second-order valence-corrected chi connectivity index (χ2v) is 6.03. The van der Waals surface area contributed by atoms with E-state index >= 15 is 0 Å². The Balaban J connectivity index is 3.16. The number of rotatable bonds is 6. The van der Waals surface area contributed by atoms with Gasteiger partial charge in [-0.15, -0.1) is 23.5 Å². The highest BCUT2D eigenvalue weighted by Gasteiger charge is 2.16. The average Bonchev–Trinajstić information content (AvgIpc) is 2.31. The predicted octanol–water partition coefficient (Wildman–Crippen LogP) is 2.53. The summed E-state index contributed by atoms with van der Waals surface area (Å²) in [5, 5.41) is 9.74. The van der Waals surface area contributed by atoms with Gasteiger partial charge in [-0.3, -0.25) is 4.98 Å². The Labute approximate surface area is 111 Å². The van der Waals surface area contributed by atoms with E-state index in [2.05, 4.69) is 18.8 Å². The molecule has 94 valence electrons. The second kappa shape index (κ2) is 7.76. The fourth-order valence-corrected chi connectivity index (χ4v) is 3.68. The van der Waals surface area contributed by atoms with Gasteiger partial charge in [-0.2, -0.15) is 0 Å². The highest BCUT2D eigenvalue weighted by molar-refractivity contribution is 8.22. The van der Waals surface area contributed by atoms with Crippen LogP contribution in [-0.2, 0) is 0 Å². The Morgan fingerprint density at radius 3 is 2.41 bits per heavy atom. The van der Waals surface area contributed by atoms with Gasteiger partial charge < -0.3 is 10.8 Å². The summed E-state index contributed by atoms with van der Waals surface area (Å²) in [6.07, 6.45) is 0.723. The number of aliphatic hydroxyl groups excluding tert-OH is 1. The minimum Gasteiger partial charge on any atom is -0.374 e. The van der Waals surface area contributed by atoms with E-state index in [1.807, 2.05) is 18.2 Å². The van der Waals surface area contributed by atoms with Crippen molar-refractivity contribution in [2.24, 2.45) is 5.73 Å². The minimum atomic E-state index is -0.988. The van der Waals surface area contributed by atoms with Crippen molar-refractivity contribution >= 4 is 29.1 Å². The predicted molar refractivity (Wildman–Crippen MR) is 77.6 cm³/mol. The van der Waals surface area contributed by atoms with Crippen LogP contribution in [0.15, 0.2) is 28.6 Å². The normalized spacial score (nSPS) is 12.2. The van der Waals surface area contributed by atoms with Crippen molar-refractivity contribution in [3.8, 4) is 0 Å². The summed E-state index contributed by atoms with van der Waals surface area (Å²) in [5.41, 5.74) is 7.14. The third kappa shape index (κ3) is 4.35. The third-order valence-electron chi connectivity index (χ3n) is 2.01. The zero-order chi connectivity index (χ0) is 12.7. The number of pyridine rings is 1. The summed E-state index contributed by atoms with van der Waals surface area (Å²) in [6, 6.07) is 5.62. The number of thioether (sulfide) groups is 2. The molecule has 0 amide bonds. The van der Waals surface area contributed by atoms with Gasteiger partial charge in [0.15, 0.2) is 0 Å². The quantitative estimate of drug-likeness (QED) is 0.778. The average molecular weight is 270 g/mol. The summed E-state index contributed by atoms with van der Waals surface area (Å²) in [6.45, 7) is 4.17. The van der Waals surface area contributed by atoms with Crippen LogP contribution in [0.2, 0.25) is 0 Å². The number of nitrogens with two attached hydrogens (primary N) is 1. The van der Waals surface area contributed by atoms with Gasteiger partial charge in [0.25, 0.3) is 0 Å². The molecule has 0 spiro atoms. The molecule has 0 unspecified atom stereocenters. The number of hydrogen-bond acceptors (Lipinski definition) is 5. The molecule has 0 saturated heterocycles. The van der Waals surface area contributed by atoms with Crippen molar-refractivity contribution in [2.45, 2.75) is 20.1 Å². The lowest BCUT2D eigenvalue weighted by atomic mass is 10.2. The van der Waals surface area contributed by atoms with E-state index in [0.717, 1.165) is 27.0 Å². The Bertz CT molecular complexity index is 358. The van der Waals surface area contributed by atoms with Crippen LogP contribution in [0.3, 0.4) is 0 Å². The Morgan fingerprint density at radius 2 is 2.00 bits per heavy atom. The van der Waals surface area contributed by atoms with Gasteiger partial charge in [0, 0.05) is 16.0 Å². The van der Waals surface area contributed by atoms with Crippen LogP contribution < -0.4 is 5.73 Å². The minimum absolute atomic E-state index is 0.726. The molecule has 0 fully saturated rings. The van der Waals surface area contributed by atoms with Crippen molar-refractivity contribution in [1.29, 1.82) is 0 Å². The van der Waals surface area contributed by atoms with Crippen molar-refractivity contribution in [3.05, 3.63) is 34.3 Å². The summed E-state index contributed by atoms with van der Waals surface area (Å²) >= 11 is 3.39. The van der Waals surface area contributed by atoms with Gasteiger partial charge >= 0.3 is 0 Å². The molecule has 3 nitrogen and oxygen atoms in total. The maximum absolute atomic E-state index is 9.74. The SMILES string of the molecule is CCSC(SCC)=C(c1ccccn1)[C@@H](N)O. The van der Waals surface area contributed by atoms with E-state index in [9.17, 15) is 5.11 Å². The third-order valence-corrected chi connectivity index (χ3v) is 4.26. The Hall–Kier alpha value is -0.490. The van der Waals surface area contributed by atoms with Crippen LogP contribution >= 0.6 is 23.5 Å². The number of aromatic nitrogens is 1. The van der Waals surface area contributed by atoms with Crippen LogP contribution in [0.1, 0.15) is 19.5 Å². The van der Waals surface area contributed by atoms with Gasteiger partial charge in [-0.1, -0.05) is 19.9 Å². The molecule has 0 aliphatic heterocycles. The second-order valence-electron chi connectivity index (χ2n) is 3.23. The Kier molecular flexibility index (Phi) is 6.65. The molecule has 1 atom stereocenters. The zero-order valence-corrected chi connectivity index (χ0v) is 11.7. The fourth-order valence-electron chi connectivity index (χ4n) is 1.36. The lowest BCUT2D eigenvalue weighted by Crippen LogP contribution is -2.22. The first-order valence-electron chi connectivity index (χ1n) is 5.55. The summed E-state index contributed by atoms with van der Waals surface area (Å²) < 4.78 is 1.06. The zero-order valence-electron chi connectivity index (χ0n) is 10.1. The van der Waals surface area contributed by atoms with E-state index in [4.69, 9.17) is 5.73 Å². The largest absolute Gasteiger partial charge is 0.374 e. The fraction of sp³-hybridized carbons (Fsp3) is 0.417. The molecule has 0 aliphatic rings. The molecule has 0 aliphatic carbocycles. The molecule has 0 aromatic carbocycles. The lowest BCUT2D eigenvalue weighted by Gasteiger charge is -2.15. The molecule has 5 heteroatoms. The van der Waals surface area contributed by atoms with Crippen molar-refractivity contribution in [1.82, 2.24) is 4.98 Å². The van der Waals surface area contributed by atoms with E-state index in [1.54, 1.807) is 29.7 Å². The van der Waals surface area contributed by atoms with Gasteiger partial charge in [0.1, 0.15) is 6.23 Å². The van der Waals surface area contributed by atoms with Crippen LogP contribution in [0, 0.1) is 0 Å². The van der Waals surface area contributed by atoms with Crippen LogP contribution in [0.5, 0.6) is 0 Å². The lowest BCUT2D eigenvalue weighted by molar-refractivity contribution is 0.241. The monoisotopic (exact) mass is 270 g/mol. The molecule has 17 heavy (non-hydrogen) atoms. The first-order chi connectivity index (χ1) is 8.20. The molecule has 0 bridgehead atoms. The molecule has 1 rings (SSSR count). The molecule has 3 N–H and O–H groups in total. The summed E-state index contributed by atoms with van der Waals surface area (Å²) in [7, 11) is 0. The van der Waals surface area contributed by atoms with Gasteiger partial charge in [0.05, 0.1) is 5.69 Å². The van der Waals surface area contributed by atoms with Crippen molar-refractivity contribution < 1.29 is 5.11 Å². The van der Waals surface area contributed by atoms with Crippen LogP contribution in [0.25, 0.3) is 5.57 Å². The van der Waals surface area contributed by atoms with E-state index in [1.165, 1.54) is 0 Å². The molecule has 1 aromatic heterocycles. The molecule has 0 radical (unpaired) electrons. The number of nitrogens with zero attached hydrogens (tertiary/aromatic N) is 1. The molecule has 1 heterocycles. The highest BCUT2D eigenvalue weighted by Crippen LogP contribution is 2.35. The molecular formula is C12H18N2OS2. The highest BCUT2D eigenvalue weighted by atomic mass is 32.2. The first-order valence-corrected chi connectivity index (χ1v) is 7.52. The number of aliphatic hydroxyl groups is 1. The molecular weight excluding hydrogens is 252 g/mol. The maximum Gasteiger partial charge on any atom is 0.132 e. The maximum atomic E-state index is 9.74. The summed E-state index contributed by atoms with van der Waals surface area (Å²) in [4.78, 5) is 4.26. The van der Waals surface area contributed by atoms with Crippen LogP contribution in [0.4, 0.5) is 0 Å². The van der Waals surface area contributed by atoms with Crippen molar-refractivity contribution in [2.75, 3.05) is 11.5 Å². The van der Waals surface area contributed by atoms with Gasteiger partial charge in [0.2, 0.25) is 0 Å². The van der Waals surface area contributed by atoms with E-state index < -0.39 is 6.23 Å². The molecule has 1 aromatic rings. The smallest absolute Gasteiger partial charge is 0.132 e. The molecule has 0 saturated carbocycles. The van der Waals surface area contributed by atoms with E-state index in [-0.39, 0.29) is 0 Å². The first kappa shape index (κ1) is 14.6. The summed E-state index contributed by atoms with van der Waals surface area (Å²) in [5.74, 6) is 1.90. The van der Waals surface area contributed by atoms with Crippen LogP contribution in [-0.4, -0.2) is 27.8 Å². The van der Waals surface area contributed by atoms with Crippen molar-refractivity contribution in [3.63, 3.8) is 0 Å².